The van der Waals surface area contributed by atoms with Crippen molar-refractivity contribution < 1.29 is 14.3 Å². The molecule has 6 nitrogen and oxygen atoms in total. The molecule has 6 heteroatoms. The van der Waals surface area contributed by atoms with Crippen molar-refractivity contribution in [3.63, 3.8) is 0 Å². The molecule has 30 heavy (non-hydrogen) atoms. The number of ether oxygens (including phenoxy) is 1. The van der Waals surface area contributed by atoms with Gasteiger partial charge >= 0.3 is 0 Å². The fraction of sp³-hybridized carbons (Fsp3) is 0.417. The van der Waals surface area contributed by atoms with Crippen LogP contribution in [0.4, 0.5) is 11.4 Å². The van der Waals surface area contributed by atoms with Crippen molar-refractivity contribution in [3.8, 4) is 0 Å². The van der Waals surface area contributed by atoms with Gasteiger partial charge < -0.3 is 19.9 Å². The molecule has 0 heterocycles. The van der Waals surface area contributed by atoms with Crippen molar-refractivity contribution in [1.82, 2.24) is 4.90 Å². The Morgan fingerprint density at radius 3 is 2.27 bits per heavy atom. The summed E-state index contributed by atoms with van der Waals surface area (Å²) in [4.78, 5) is 28.9. The van der Waals surface area contributed by atoms with E-state index in [0.717, 1.165) is 22.5 Å². The number of nitrogens with one attached hydrogen (secondary N) is 1. The van der Waals surface area contributed by atoms with Gasteiger partial charge in [-0.3, -0.25) is 9.59 Å². The smallest absolute Gasteiger partial charge is 0.249 e. The summed E-state index contributed by atoms with van der Waals surface area (Å²) in [6, 6.07) is 15.6. The Kier molecular flexibility index (Phi) is 8.42. The van der Waals surface area contributed by atoms with Crippen LogP contribution in [0.2, 0.25) is 0 Å². The van der Waals surface area contributed by atoms with Crippen molar-refractivity contribution >= 4 is 23.2 Å². The minimum absolute atomic E-state index is 0.0122. The molecule has 0 spiro atoms. The molecule has 1 N–H and O–H groups in total. The van der Waals surface area contributed by atoms with E-state index in [1.54, 1.807) is 0 Å². The Hall–Kier alpha value is -2.86. The van der Waals surface area contributed by atoms with E-state index in [1.807, 2.05) is 93.2 Å². The summed E-state index contributed by atoms with van der Waals surface area (Å²) in [7, 11) is 5.46. The minimum Gasteiger partial charge on any atom is -0.377 e. The van der Waals surface area contributed by atoms with Gasteiger partial charge in [0.1, 0.15) is 6.61 Å². The lowest BCUT2D eigenvalue weighted by atomic mass is 10.0. The van der Waals surface area contributed by atoms with Gasteiger partial charge in [-0.15, -0.1) is 0 Å². The van der Waals surface area contributed by atoms with Gasteiger partial charge in [0.05, 0.1) is 6.04 Å². The quantitative estimate of drug-likeness (QED) is 0.675. The summed E-state index contributed by atoms with van der Waals surface area (Å²) in [5.41, 5.74) is 3.72. The van der Waals surface area contributed by atoms with E-state index in [0.29, 0.717) is 6.54 Å². The minimum atomic E-state index is -0.127. The Morgan fingerprint density at radius 2 is 1.70 bits per heavy atom. The van der Waals surface area contributed by atoms with Crippen LogP contribution in [0.15, 0.2) is 48.5 Å². The number of carbonyl (C=O) groups is 2. The first-order chi connectivity index (χ1) is 14.2. The number of hydrogen-bond acceptors (Lipinski definition) is 4. The maximum atomic E-state index is 12.9. The van der Waals surface area contributed by atoms with Gasteiger partial charge in [0.15, 0.2) is 0 Å². The topological polar surface area (TPSA) is 61.9 Å². The van der Waals surface area contributed by atoms with Crippen molar-refractivity contribution in [3.05, 3.63) is 59.7 Å². The van der Waals surface area contributed by atoms with E-state index in [2.05, 4.69) is 5.32 Å². The predicted octanol–water partition coefficient (Wildman–Crippen LogP) is 4.08. The Bertz CT molecular complexity index is 850. The molecule has 162 valence electrons. The van der Waals surface area contributed by atoms with Gasteiger partial charge in [-0.1, -0.05) is 44.2 Å². The van der Waals surface area contributed by atoms with E-state index in [-0.39, 0.29) is 30.4 Å². The average molecular weight is 412 g/mol. The van der Waals surface area contributed by atoms with Gasteiger partial charge in [-0.05, 0) is 36.2 Å². The summed E-state index contributed by atoms with van der Waals surface area (Å²) in [6.45, 7) is 6.15. The summed E-state index contributed by atoms with van der Waals surface area (Å²) in [5.74, 6) is -0.237. The lowest BCUT2D eigenvalue weighted by Gasteiger charge is -2.31. The van der Waals surface area contributed by atoms with Gasteiger partial charge in [0, 0.05) is 45.0 Å². The number of anilines is 2. The van der Waals surface area contributed by atoms with E-state index < -0.39 is 0 Å². The third kappa shape index (κ3) is 6.07. The number of nitrogens with zero attached hydrogens (tertiary/aromatic N) is 2. The third-order valence-electron chi connectivity index (χ3n) is 5.03. The zero-order chi connectivity index (χ0) is 22.3. The molecule has 0 unspecified atom stereocenters. The summed E-state index contributed by atoms with van der Waals surface area (Å²) >= 11 is 0. The van der Waals surface area contributed by atoms with Crippen molar-refractivity contribution in [1.29, 1.82) is 0 Å². The van der Waals surface area contributed by atoms with E-state index in [1.165, 1.54) is 7.11 Å². The van der Waals surface area contributed by atoms with Crippen molar-refractivity contribution in [2.24, 2.45) is 5.92 Å². The van der Waals surface area contributed by atoms with Gasteiger partial charge in [-0.25, -0.2) is 0 Å². The largest absolute Gasteiger partial charge is 0.377 e. The zero-order valence-electron chi connectivity index (χ0n) is 18.8. The molecule has 2 aromatic rings. The lowest BCUT2D eigenvalue weighted by molar-refractivity contribution is -0.138. The van der Waals surface area contributed by atoms with Crippen LogP contribution < -0.4 is 10.2 Å². The molecule has 0 saturated carbocycles. The molecule has 2 rings (SSSR count). The second kappa shape index (κ2) is 10.8. The van der Waals surface area contributed by atoms with Crippen LogP contribution in [0, 0.1) is 5.92 Å². The number of carbonyl (C=O) groups excluding carboxylic acids is 2. The molecule has 0 fully saturated rings. The van der Waals surface area contributed by atoms with Gasteiger partial charge in [-0.2, -0.15) is 0 Å². The fourth-order valence-corrected chi connectivity index (χ4v) is 3.26. The van der Waals surface area contributed by atoms with Crippen LogP contribution in [0.25, 0.3) is 0 Å². The molecule has 0 aliphatic rings. The van der Waals surface area contributed by atoms with Crippen molar-refractivity contribution in [2.75, 3.05) is 38.0 Å². The number of rotatable bonds is 9. The van der Waals surface area contributed by atoms with Gasteiger partial charge in [0.25, 0.3) is 0 Å². The molecular formula is C24H33N3O3. The molecule has 2 amide bonds. The van der Waals surface area contributed by atoms with E-state index >= 15 is 0 Å². The number of amides is 2. The van der Waals surface area contributed by atoms with Crippen molar-refractivity contribution in [2.45, 2.75) is 33.4 Å². The average Bonchev–Trinajstić information content (AvgIpc) is 2.72. The molecule has 2 aromatic carbocycles. The highest BCUT2D eigenvalue weighted by atomic mass is 16.5. The lowest BCUT2D eigenvalue weighted by Crippen LogP contribution is -2.36. The van der Waals surface area contributed by atoms with Crippen LogP contribution in [-0.2, 0) is 20.9 Å². The highest BCUT2D eigenvalue weighted by molar-refractivity contribution is 5.92. The summed E-state index contributed by atoms with van der Waals surface area (Å²) in [6.07, 6.45) is 0. The predicted molar refractivity (Wildman–Crippen MR) is 122 cm³/mol. The molecule has 0 aliphatic heterocycles. The molecule has 0 bridgehead atoms. The molecule has 0 aromatic heterocycles. The third-order valence-corrected chi connectivity index (χ3v) is 5.03. The summed E-state index contributed by atoms with van der Waals surface area (Å²) < 4.78 is 5.13. The zero-order valence-corrected chi connectivity index (χ0v) is 18.8. The van der Waals surface area contributed by atoms with E-state index in [4.69, 9.17) is 4.74 Å². The second-order valence-electron chi connectivity index (χ2n) is 7.92. The molecule has 0 saturated heterocycles. The van der Waals surface area contributed by atoms with E-state index in [9.17, 15) is 9.59 Å². The van der Waals surface area contributed by atoms with Crippen LogP contribution in [0.3, 0.4) is 0 Å². The molecular weight excluding hydrogens is 378 g/mol. The highest BCUT2D eigenvalue weighted by Gasteiger charge is 2.23. The van der Waals surface area contributed by atoms with Gasteiger partial charge in [0.2, 0.25) is 11.8 Å². The van der Waals surface area contributed by atoms with Crippen LogP contribution in [-0.4, -0.2) is 44.5 Å². The monoisotopic (exact) mass is 411 g/mol. The Morgan fingerprint density at radius 1 is 1.03 bits per heavy atom. The van der Waals surface area contributed by atoms with Crippen LogP contribution >= 0.6 is 0 Å². The first-order valence-corrected chi connectivity index (χ1v) is 10.2. The normalized spacial score (nSPS) is 11.8. The number of methoxy groups -OCH3 is 1. The molecule has 0 aliphatic carbocycles. The molecule has 1 atom stereocenters. The SMILES string of the molecule is COCC(=O)N(Cc1cc(NC(=O)C(C)C)ccc1N(C)C)[C@H](C)c1ccccc1. The highest BCUT2D eigenvalue weighted by Crippen LogP contribution is 2.29. The summed E-state index contributed by atoms with van der Waals surface area (Å²) in [5, 5.41) is 2.95. The maximum Gasteiger partial charge on any atom is 0.249 e. The Balaban J connectivity index is 2.41. The number of hydrogen-bond donors (Lipinski definition) is 1. The molecule has 0 radical (unpaired) electrons. The first kappa shape index (κ1) is 23.4. The van der Waals surface area contributed by atoms with Crippen LogP contribution in [0.1, 0.15) is 37.9 Å². The number of benzene rings is 2. The first-order valence-electron chi connectivity index (χ1n) is 10.2. The Labute approximate surface area is 179 Å². The van der Waals surface area contributed by atoms with Crippen LogP contribution in [0.5, 0.6) is 0 Å². The maximum absolute atomic E-state index is 12.9. The second-order valence-corrected chi connectivity index (χ2v) is 7.92. The standard InChI is InChI=1S/C24H33N3O3/c1-17(2)24(29)25-21-12-13-22(26(4)5)20(14-21)15-27(23(28)16-30-6)18(3)19-10-8-7-9-11-19/h7-14,17-18H,15-16H2,1-6H3,(H,25,29)/t18-/m1/s1. The fourth-order valence-electron chi connectivity index (χ4n) is 3.26.